The Kier molecular flexibility index (Phi) is 2.88. The molecule has 0 aromatic heterocycles. The number of aryl methyl sites for hydroxylation is 1. The van der Waals surface area contributed by atoms with Gasteiger partial charge in [-0.2, -0.15) is 0 Å². The van der Waals surface area contributed by atoms with Crippen LogP contribution in [0.2, 0.25) is 0 Å². The zero-order chi connectivity index (χ0) is 10.7. The minimum Gasteiger partial charge on any atom is -0.508 e. The van der Waals surface area contributed by atoms with E-state index in [4.69, 9.17) is 0 Å². The number of hydrogen-bond acceptors (Lipinski definition) is 1. The lowest BCUT2D eigenvalue weighted by molar-refractivity contribution is 0.475. The molecule has 0 saturated carbocycles. The van der Waals surface area contributed by atoms with Crippen LogP contribution in [0.5, 0.6) is 5.75 Å². The van der Waals surface area contributed by atoms with Gasteiger partial charge in [0.1, 0.15) is 5.75 Å². The molecule has 0 unspecified atom stereocenters. The van der Waals surface area contributed by atoms with Crippen LogP contribution in [0.1, 0.15) is 5.56 Å². The highest BCUT2D eigenvalue weighted by Crippen LogP contribution is 2.02. The molecule has 1 N–H and O–H groups in total. The summed E-state index contributed by atoms with van der Waals surface area (Å²) in [6, 6.07) is 16.1. The largest absolute Gasteiger partial charge is 0.508 e. The molecule has 0 aliphatic carbocycles. The van der Waals surface area contributed by atoms with E-state index >= 15 is 0 Å². The Morgan fingerprint density at radius 3 is 2.27 bits per heavy atom. The molecule has 2 heteroatoms. The van der Waals surface area contributed by atoms with Gasteiger partial charge in [-0.1, -0.05) is 52.3 Å². The molecule has 15 heavy (non-hydrogen) atoms. The fourth-order valence-corrected chi connectivity index (χ4v) is 3.20. The fraction of sp³-hybridized carbons (Fsp3) is 0.0769. The maximum absolute atomic E-state index is 9.19. The minimum atomic E-state index is -0.390. The number of aromatic hydroxyl groups is 1. The Morgan fingerprint density at radius 1 is 0.933 bits per heavy atom. The van der Waals surface area contributed by atoms with Gasteiger partial charge in [0.15, 0.2) is 0 Å². The van der Waals surface area contributed by atoms with Gasteiger partial charge in [-0.3, -0.25) is 0 Å². The summed E-state index contributed by atoms with van der Waals surface area (Å²) in [5, 5.41) is 12.0. The van der Waals surface area contributed by atoms with E-state index in [1.165, 1.54) is 15.9 Å². The van der Waals surface area contributed by atoms with Gasteiger partial charge in [0.25, 0.3) is 0 Å². The fourth-order valence-electron chi connectivity index (χ4n) is 1.64. The first-order valence-corrected chi connectivity index (χ1v) is 6.49. The predicted molar refractivity (Wildman–Crippen MR) is 67.1 cm³/mol. The van der Waals surface area contributed by atoms with Crippen LogP contribution in [0.3, 0.4) is 0 Å². The molecule has 0 spiro atoms. The van der Waals surface area contributed by atoms with E-state index in [-0.39, 0.29) is 0 Å². The van der Waals surface area contributed by atoms with Gasteiger partial charge in [0, 0.05) is 0 Å². The molecule has 0 fully saturated rings. The summed E-state index contributed by atoms with van der Waals surface area (Å²) in [5.74, 6) is 0.345. The lowest BCUT2D eigenvalue weighted by Crippen LogP contribution is -2.28. The summed E-state index contributed by atoms with van der Waals surface area (Å²) in [5.41, 5.74) is 1.37. The normalized spacial score (nSPS) is 11.0. The molecule has 1 nitrogen and oxygen atoms in total. The van der Waals surface area contributed by atoms with E-state index in [1.54, 1.807) is 12.1 Å². The molecule has 0 aliphatic heterocycles. The molecule has 0 amide bonds. The van der Waals surface area contributed by atoms with Crippen LogP contribution in [0, 0.1) is 6.92 Å². The third-order valence-electron chi connectivity index (χ3n) is 2.59. The van der Waals surface area contributed by atoms with Crippen molar-refractivity contribution >= 4 is 19.9 Å². The SMILES string of the molecule is Cc1ccccc1[SiH2]c1ccc(O)cc1. The lowest BCUT2D eigenvalue weighted by atomic mass is 10.2. The van der Waals surface area contributed by atoms with E-state index in [1.807, 2.05) is 12.1 Å². The van der Waals surface area contributed by atoms with E-state index < -0.39 is 9.52 Å². The number of phenolic OH excluding ortho intramolecular Hbond substituents is 1. The van der Waals surface area contributed by atoms with Crippen LogP contribution < -0.4 is 10.4 Å². The molecular weight excluding hydrogens is 200 g/mol. The smallest absolute Gasteiger partial charge is 0.115 e. The molecule has 2 aromatic carbocycles. The van der Waals surface area contributed by atoms with Crippen molar-refractivity contribution in [3.63, 3.8) is 0 Å². The second kappa shape index (κ2) is 4.32. The van der Waals surface area contributed by atoms with Crippen molar-refractivity contribution in [2.45, 2.75) is 6.92 Å². The maximum Gasteiger partial charge on any atom is 0.115 e. The first kappa shape index (κ1) is 9.99. The highest BCUT2D eigenvalue weighted by atomic mass is 28.2. The van der Waals surface area contributed by atoms with Crippen LogP contribution in [-0.4, -0.2) is 14.6 Å². The second-order valence-corrected chi connectivity index (χ2v) is 5.70. The first-order chi connectivity index (χ1) is 7.25. The highest BCUT2D eigenvalue weighted by molar-refractivity contribution is 6.67. The average Bonchev–Trinajstić information content (AvgIpc) is 2.25. The van der Waals surface area contributed by atoms with Crippen molar-refractivity contribution in [2.24, 2.45) is 0 Å². The van der Waals surface area contributed by atoms with Gasteiger partial charge < -0.3 is 5.11 Å². The van der Waals surface area contributed by atoms with Gasteiger partial charge in [0.2, 0.25) is 0 Å². The summed E-state index contributed by atoms with van der Waals surface area (Å²) in [7, 11) is -0.390. The van der Waals surface area contributed by atoms with Gasteiger partial charge >= 0.3 is 0 Å². The average molecular weight is 214 g/mol. The molecule has 0 radical (unpaired) electrons. The number of phenols is 1. The van der Waals surface area contributed by atoms with E-state index in [9.17, 15) is 5.11 Å². The molecule has 76 valence electrons. The molecule has 0 heterocycles. The van der Waals surface area contributed by atoms with Crippen molar-refractivity contribution in [2.75, 3.05) is 0 Å². The molecule has 0 saturated heterocycles. The summed E-state index contributed by atoms with van der Waals surface area (Å²) < 4.78 is 0. The summed E-state index contributed by atoms with van der Waals surface area (Å²) in [6.45, 7) is 2.16. The summed E-state index contributed by atoms with van der Waals surface area (Å²) in [4.78, 5) is 0. The van der Waals surface area contributed by atoms with Crippen LogP contribution in [0.4, 0.5) is 0 Å². The van der Waals surface area contributed by atoms with E-state index in [2.05, 4.69) is 31.2 Å². The molecule has 2 aromatic rings. The molecule has 0 bridgehead atoms. The Balaban J connectivity index is 2.22. The predicted octanol–water partition coefficient (Wildman–Crippen LogP) is 0.820. The van der Waals surface area contributed by atoms with Crippen molar-refractivity contribution in [1.29, 1.82) is 0 Å². The third kappa shape index (κ3) is 2.48. The number of hydrogen-bond donors (Lipinski definition) is 1. The van der Waals surface area contributed by atoms with Crippen molar-refractivity contribution in [3.05, 3.63) is 54.1 Å². The highest BCUT2D eigenvalue weighted by Gasteiger charge is 1.99. The van der Waals surface area contributed by atoms with Crippen LogP contribution in [0.15, 0.2) is 48.5 Å². The summed E-state index contributed by atoms with van der Waals surface area (Å²) >= 11 is 0. The lowest BCUT2D eigenvalue weighted by Gasteiger charge is -2.04. The Hall–Kier alpha value is -1.54. The van der Waals surface area contributed by atoms with Crippen LogP contribution >= 0.6 is 0 Å². The van der Waals surface area contributed by atoms with Crippen molar-refractivity contribution < 1.29 is 5.11 Å². The molecule has 0 atom stereocenters. The monoisotopic (exact) mass is 214 g/mol. The summed E-state index contributed by atoms with van der Waals surface area (Å²) in [6.07, 6.45) is 0. The van der Waals surface area contributed by atoms with Gasteiger partial charge in [-0.15, -0.1) is 0 Å². The molecule has 0 aliphatic rings. The maximum atomic E-state index is 9.19. The number of rotatable bonds is 2. The zero-order valence-electron chi connectivity index (χ0n) is 8.77. The molecule has 2 rings (SSSR count). The van der Waals surface area contributed by atoms with E-state index in [0.717, 1.165) is 0 Å². The van der Waals surface area contributed by atoms with Crippen LogP contribution in [0.25, 0.3) is 0 Å². The van der Waals surface area contributed by atoms with Gasteiger partial charge in [-0.25, -0.2) is 0 Å². The quantitative estimate of drug-likeness (QED) is 0.734. The van der Waals surface area contributed by atoms with Gasteiger partial charge in [0.05, 0.1) is 9.52 Å². The minimum absolute atomic E-state index is 0.345. The zero-order valence-corrected chi connectivity index (χ0v) is 10.2. The second-order valence-electron chi connectivity index (χ2n) is 3.77. The Morgan fingerprint density at radius 2 is 1.60 bits per heavy atom. The first-order valence-electron chi connectivity index (χ1n) is 5.08. The van der Waals surface area contributed by atoms with Gasteiger partial charge in [-0.05, 0) is 19.1 Å². The Bertz CT molecular complexity index is 448. The Labute approximate surface area is 92.2 Å². The standard InChI is InChI=1S/C13H14OSi/c1-10-4-2-3-5-13(10)15-12-8-6-11(14)7-9-12/h2-9,14H,15H2,1H3. The van der Waals surface area contributed by atoms with E-state index in [0.29, 0.717) is 5.75 Å². The topological polar surface area (TPSA) is 20.2 Å². The van der Waals surface area contributed by atoms with Crippen molar-refractivity contribution in [1.82, 2.24) is 0 Å². The van der Waals surface area contributed by atoms with Crippen molar-refractivity contribution in [3.8, 4) is 5.75 Å². The molecular formula is C13H14OSi. The van der Waals surface area contributed by atoms with Crippen LogP contribution in [-0.2, 0) is 0 Å². The third-order valence-corrected chi connectivity index (χ3v) is 4.65. The number of benzene rings is 2.